The third kappa shape index (κ3) is 2.22. The van der Waals surface area contributed by atoms with Gasteiger partial charge in [-0.05, 0) is 6.92 Å². The van der Waals surface area contributed by atoms with Crippen LogP contribution in [0.2, 0.25) is 0 Å². The number of ether oxygens (including phenoxy) is 1. The number of rotatable bonds is 0. The summed E-state index contributed by atoms with van der Waals surface area (Å²) in [4.78, 5) is 0. The van der Waals surface area contributed by atoms with Gasteiger partial charge in [0.05, 0.1) is 6.61 Å². The maximum Gasteiger partial charge on any atom is 0.115 e. The largest absolute Gasteiger partial charge is 0.360 e. The van der Waals surface area contributed by atoms with E-state index in [1.807, 2.05) is 6.92 Å². The van der Waals surface area contributed by atoms with Crippen LogP contribution in [0.15, 0.2) is 0 Å². The maximum absolute atomic E-state index is 5.74. The number of hydrogen-bond donors (Lipinski definition) is 2. The normalized spacial score (nSPS) is 37.5. The second kappa shape index (κ2) is 2.84. The molecule has 1 atom stereocenters. The molecule has 10 heavy (non-hydrogen) atoms. The van der Waals surface area contributed by atoms with E-state index >= 15 is 0 Å². The summed E-state index contributed by atoms with van der Waals surface area (Å²) >= 11 is 0. The summed E-state index contributed by atoms with van der Waals surface area (Å²) in [5.74, 6) is 5.55. The SMILES string of the molecule is CC1(N)CCN(N)CCO1. The molecule has 1 saturated heterocycles. The van der Waals surface area contributed by atoms with E-state index in [1.54, 1.807) is 5.01 Å². The van der Waals surface area contributed by atoms with Gasteiger partial charge in [-0.3, -0.25) is 5.84 Å². The minimum absolute atomic E-state index is 0.478. The lowest BCUT2D eigenvalue weighted by Gasteiger charge is -2.21. The molecule has 4 N–H and O–H groups in total. The Morgan fingerprint density at radius 2 is 2.20 bits per heavy atom. The molecular formula is C6H15N3O. The highest BCUT2D eigenvalue weighted by Crippen LogP contribution is 2.10. The Kier molecular flexibility index (Phi) is 2.25. The van der Waals surface area contributed by atoms with E-state index in [-0.39, 0.29) is 0 Å². The Morgan fingerprint density at radius 1 is 1.50 bits per heavy atom. The van der Waals surface area contributed by atoms with Crippen molar-refractivity contribution in [2.24, 2.45) is 11.6 Å². The van der Waals surface area contributed by atoms with Gasteiger partial charge in [-0.15, -0.1) is 0 Å². The number of hydrogen-bond acceptors (Lipinski definition) is 4. The minimum atomic E-state index is -0.478. The summed E-state index contributed by atoms with van der Waals surface area (Å²) in [6, 6.07) is 0. The van der Waals surface area contributed by atoms with E-state index < -0.39 is 5.72 Å². The van der Waals surface area contributed by atoms with Crippen LogP contribution in [0.4, 0.5) is 0 Å². The standard InChI is InChI=1S/C6H15N3O/c1-6(7)2-3-9(8)4-5-10-6/h2-5,7-8H2,1H3. The number of nitrogens with zero attached hydrogens (tertiary/aromatic N) is 1. The summed E-state index contributed by atoms with van der Waals surface area (Å²) in [6.07, 6.45) is 0.795. The molecule has 1 heterocycles. The van der Waals surface area contributed by atoms with Gasteiger partial charge < -0.3 is 10.5 Å². The molecule has 0 aliphatic carbocycles. The van der Waals surface area contributed by atoms with E-state index in [0.717, 1.165) is 19.5 Å². The van der Waals surface area contributed by atoms with Crippen molar-refractivity contribution in [1.82, 2.24) is 5.01 Å². The van der Waals surface area contributed by atoms with Crippen molar-refractivity contribution in [2.75, 3.05) is 19.7 Å². The summed E-state index contributed by atoms with van der Waals surface area (Å²) in [6.45, 7) is 4.09. The Labute approximate surface area is 61.1 Å². The van der Waals surface area contributed by atoms with Crippen molar-refractivity contribution >= 4 is 0 Å². The van der Waals surface area contributed by atoms with Crippen molar-refractivity contribution in [3.05, 3.63) is 0 Å². The molecule has 1 rings (SSSR count). The van der Waals surface area contributed by atoms with Gasteiger partial charge in [0.15, 0.2) is 0 Å². The summed E-state index contributed by atoms with van der Waals surface area (Å²) in [5, 5.41) is 1.73. The van der Waals surface area contributed by atoms with Gasteiger partial charge in [0.1, 0.15) is 5.72 Å². The molecular weight excluding hydrogens is 130 g/mol. The minimum Gasteiger partial charge on any atom is -0.360 e. The van der Waals surface area contributed by atoms with Gasteiger partial charge in [-0.2, -0.15) is 0 Å². The molecule has 1 aliphatic rings. The molecule has 1 fully saturated rings. The Morgan fingerprint density at radius 3 is 2.90 bits per heavy atom. The van der Waals surface area contributed by atoms with E-state index in [0.29, 0.717) is 6.61 Å². The van der Waals surface area contributed by atoms with Crippen LogP contribution >= 0.6 is 0 Å². The quantitative estimate of drug-likeness (QED) is 0.440. The zero-order valence-electron chi connectivity index (χ0n) is 6.34. The lowest BCUT2D eigenvalue weighted by molar-refractivity contribution is -0.0185. The molecule has 0 aromatic carbocycles. The molecule has 0 saturated carbocycles. The molecule has 4 nitrogen and oxygen atoms in total. The van der Waals surface area contributed by atoms with Crippen LogP contribution in [-0.2, 0) is 4.74 Å². The zero-order chi connectivity index (χ0) is 7.61. The van der Waals surface area contributed by atoms with Gasteiger partial charge in [-0.1, -0.05) is 0 Å². The molecule has 0 bridgehead atoms. The maximum atomic E-state index is 5.74. The molecule has 0 amide bonds. The monoisotopic (exact) mass is 145 g/mol. The Balaban J connectivity index is 2.41. The molecule has 0 aromatic heterocycles. The van der Waals surface area contributed by atoms with Crippen molar-refractivity contribution in [1.29, 1.82) is 0 Å². The fourth-order valence-electron chi connectivity index (χ4n) is 0.946. The summed E-state index contributed by atoms with van der Waals surface area (Å²) in [5.41, 5.74) is 5.26. The first-order valence-electron chi connectivity index (χ1n) is 3.53. The van der Waals surface area contributed by atoms with Gasteiger partial charge in [-0.25, -0.2) is 5.01 Å². The van der Waals surface area contributed by atoms with E-state index in [2.05, 4.69) is 0 Å². The van der Waals surface area contributed by atoms with Crippen molar-refractivity contribution in [3.63, 3.8) is 0 Å². The van der Waals surface area contributed by atoms with Crippen LogP contribution in [-0.4, -0.2) is 30.4 Å². The fourth-order valence-corrected chi connectivity index (χ4v) is 0.946. The highest BCUT2D eigenvalue weighted by Gasteiger charge is 2.22. The fraction of sp³-hybridized carbons (Fsp3) is 1.00. The molecule has 0 spiro atoms. The molecule has 1 unspecified atom stereocenters. The van der Waals surface area contributed by atoms with Crippen molar-refractivity contribution in [2.45, 2.75) is 19.1 Å². The lowest BCUT2D eigenvalue weighted by atomic mass is 10.2. The average molecular weight is 145 g/mol. The van der Waals surface area contributed by atoms with Gasteiger partial charge in [0, 0.05) is 19.5 Å². The molecule has 0 aromatic rings. The van der Waals surface area contributed by atoms with E-state index in [9.17, 15) is 0 Å². The highest BCUT2D eigenvalue weighted by atomic mass is 16.5. The van der Waals surface area contributed by atoms with Gasteiger partial charge in [0.25, 0.3) is 0 Å². The van der Waals surface area contributed by atoms with E-state index in [4.69, 9.17) is 16.3 Å². The van der Waals surface area contributed by atoms with Crippen LogP contribution < -0.4 is 11.6 Å². The van der Waals surface area contributed by atoms with Crippen LogP contribution in [0.1, 0.15) is 13.3 Å². The molecule has 60 valence electrons. The average Bonchev–Trinajstić information content (AvgIpc) is 1.94. The summed E-state index contributed by atoms with van der Waals surface area (Å²) < 4.78 is 5.32. The lowest BCUT2D eigenvalue weighted by Crippen LogP contribution is -2.40. The molecule has 1 aliphatic heterocycles. The summed E-state index contributed by atoms with van der Waals surface area (Å²) in [7, 11) is 0. The third-order valence-corrected chi connectivity index (χ3v) is 1.71. The number of nitrogens with two attached hydrogens (primary N) is 2. The second-order valence-electron chi connectivity index (χ2n) is 2.95. The van der Waals surface area contributed by atoms with Gasteiger partial charge in [0.2, 0.25) is 0 Å². The van der Waals surface area contributed by atoms with Gasteiger partial charge >= 0.3 is 0 Å². The zero-order valence-corrected chi connectivity index (χ0v) is 6.34. The second-order valence-corrected chi connectivity index (χ2v) is 2.95. The predicted octanol–water partition coefficient (Wildman–Crippen LogP) is -0.743. The first-order valence-corrected chi connectivity index (χ1v) is 3.53. The smallest absolute Gasteiger partial charge is 0.115 e. The van der Waals surface area contributed by atoms with Crippen LogP contribution in [0, 0.1) is 0 Å². The Hall–Kier alpha value is -0.160. The third-order valence-electron chi connectivity index (χ3n) is 1.71. The van der Waals surface area contributed by atoms with Crippen LogP contribution in [0.5, 0.6) is 0 Å². The number of hydrazine groups is 1. The molecule has 4 heteroatoms. The highest BCUT2D eigenvalue weighted by molar-refractivity contribution is 4.71. The van der Waals surface area contributed by atoms with Crippen LogP contribution in [0.25, 0.3) is 0 Å². The predicted molar refractivity (Wildman–Crippen MR) is 38.9 cm³/mol. The van der Waals surface area contributed by atoms with Crippen molar-refractivity contribution < 1.29 is 4.74 Å². The topological polar surface area (TPSA) is 64.5 Å². The first-order chi connectivity index (χ1) is 4.60. The van der Waals surface area contributed by atoms with Crippen LogP contribution in [0.3, 0.4) is 0 Å². The first kappa shape index (κ1) is 7.94. The van der Waals surface area contributed by atoms with Crippen molar-refractivity contribution in [3.8, 4) is 0 Å². The molecule has 0 radical (unpaired) electrons. The van der Waals surface area contributed by atoms with E-state index in [1.165, 1.54) is 0 Å². The Bertz CT molecular complexity index is 116.